The van der Waals surface area contributed by atoms with E-state index in [2.05, 4.69) is 15.3 Å². The molecule has 0 radical (unpaired) electrons. The van der Waals surface area contributed by atoms with Gasteiger partial charge in [-0.05, 0) is 18.8 Å². The van der Waals surface area contributed by atoms with Crippen LogP contribution in [0, 0.1) is 5.92 Å². The fourth-order valence-electron chi connectivity index (χ4n) is 2.52. The Kier molecular flexibility index (Phi) is 5.46. The minimum Gasteiger partial charge on any atom is -0.368 e. The lowest BCUT2D eigenvalue weighted by atomic mass is 10.1. The van der Waals surface area contributed by atoms with E-state index in [9.17, 15) is 8.42 Å². The minimum atomic E-state index is -3.15. The lowest BCUT2D eigenvalue weighted by Crippen LogP contribution is -2.43. The van der Waals surface area contributed by atoms with Crippen LogP contribution >= 0.6 is 11.6 Å². The van der Waals surface area contributed by atoms with Gasteiger partial charge >= 0.3 is 0 Å². The van der Waals surface area contributed by atoms with Crippen LogP contribution in [0.3, 0.4) is 0 Å². The molecule has 0 saturated carbocycles. The molecule has 0 aliphatic carbocycles. The summed E-state index contributed by atoms with van der Waals surface area (Å²) in [6, 6.07) is 1.76. The molecule has 0 amide bonds. The molecule has 3 N–H and O–H groups in total. The molecule has 2 rings (SSSR count). The van der Waals surface area contributed by atoms with Gasteiger partial charge in [0.1, 0.15) is 11.0 Å². The first-order valence-electron chi connectivity index (χ1n) is 7.30. The average Bonchev–Trinajstić information content (AvgIpc) is 2.36. The zero-order valence-corrected chi connectivity index (χ0v) is 14.4. The molecule has 124 valence electrons. The number of hydrogen-bond donors (Lipinski definition) is 2. The molecule has 2 heterocycles. The van der Waals surface area contributed by atoms with Gasteiger partial charge in [0.15, 0.2) is 0 Å². The van der Waals surface area contributed by atoms with Gasteiger partial charge in [-0.3, -0.25) is 0 Å². The fourth-order valence-corrected chi connectivity index (χ4v) is 4.53. The van der Waals surface area contributed by atoms with Crippen LogP contribution in [0.15, 0.2) is 6.07 Å². The molecule has 1 aromatic heterocycles. The quantitative estimate of drug-likeness (QED) is 0.784. The number of aromatic nitrogens is 2. The van der Waals surface area contributed by atoms with Gasteiger partial charge in [-0.15, -0.1) is 0 Å². The van der Waals surface area contributed by atoms with E-state index in [1.807, 2.05) is 13.8 Å². The number of anilines is 2. The van der Waals surface area contributed by atoms with Gasteiger partial charge in [0, 0.05) is 25.2 Å². The third-order valence-electron chi connectivity index (χ3n) is 3.46. The maximum Gasteiger partial charge on any atom is 0.223 e. The summed E-state index contributed by atoms with van der Waals surface area (Å²) >= 11 is 5.84. The van der Waals surface area contributed by atoms with E-state index >= 15 is 0 Å². The van der Waals surface area contributed by atoms with Gasteiger partial charge in [0.05, 0.1) is 5.75 Å². The summed E-state index contributed by atoms with van der Waals surface area (Å²) in [6.45, 7) is 4.85. The molecular weight excluding hydrogens is 326 g/mol. The van der Waals surface area contributed by atoms with Crippen molar-refractivity contribution in [3.8, 4) is 0 Å². The first kappa shape index (κ1) is 17.2. The highest BCUT2D eigenvalue weighted by Crippen LogP contribution is 2.20. The molecule has 0 aromatic carbocycles. The van der Waals surface area contributed by atoms with Crippen molar-refractivity contribution in [1.29, 1.82) is 0 Å². The lowest BCUT2D eigenvalue weighted by molar-refractivity contribution is 0.328. The first-order chi connectivity index (χ1) is 10.3. The Morgan fingerprint density at radius 2 is 2.05 bits per heavy atom. The van der Waals surface area contributed by atoms with E-state index in [1.54, 1.807) is 10.4 Å². The second-order valence-corrected chi connectivity index (χ2v) is 8.32. The van der Waals surface area contributed by atoms with Crippen LogP contribution in [0.25, 0.3) is 0 Å². The van der Waals surface area contributed by atoms with Crippen molar-refractivity contribution in [3.63, 3.8) is 0 Å². The van der Waals surface area contributed by atoms with E-state index < -0.39 is 10.0 Å². The van der Waals surface area contributed by atoms with Crippen LogP contribution < -0.4 is 11.1 Å². The van der Waals surface area contributed by atoms with Crippen LogP contribution in [-0.4, -0.2) is 47.6 Å². The Bertz CT molecular complexity index is 595. The Hall–Kier alpha value is -1.12. The largest absolute Gasteiger partial charge is 0.368 e. The summed E-state index contributed by atoms with van der Waals surface area (Å²) in [5.74, 6) is 1.02. The molecule has 0 unspecified atom stereocenters. The molecule has 1 saturated heterocycles. The van der Waals surface area contributed by atoms with E-state index in [-0.39, 0.29) is 28.8 Å². The molecule has 1 aliphatic heterocycles. The predicted octanol–water partition coefficient (Wildman–Crippen LogP) is 1.57. The van der Waals surface area contributed by atoms with Crippen molar-refractivity contribution >= 4 is 33.4 Å². The molecule has 7 nitrogen and oxygen atoms in total. The van der Waals surface area contributed by atoms with E-state index in [0.29, 0.717) is 18.9 Å². The number of halogens is 1. The van der Waals surface area contributed by atoms with Gasteiger partial charge in [0.25, 0.3) is 0 Å². The van der Waals surface area contributed by atoms with Crippen molar-refractivity contribution in [2.75, 3.05) is 29.9 Å². The van der Waals surface area contributed by atoms with Crippen LogP contribution in [0.2, 0.25) is 5.15 Å². The number of nitrogens with two attached hydrogens (primary N) is 1. The molecule has 0 atom stereocenters. The van der Waals surface area contributed by atoms with Crippen molar-refractivity contribution in [2.24, 2.45) is 5.92 Å². The summed E-state index contributed by atoms with van der Waals surface area (Å²) < 4.78 is 26.0. The predicted molar refractivity (Wildman–Crippen MR) is 88.3 cm³/mol. The van der Waals surface area contributed by atoms with Gasteiger partial charge in [0.2, 0.25) is 16.0 Å². The number of rotatable bonds is 5. The monoisotopic (exact) mass is 347 g/mol. The molecule has 1 aliphatic rings. The second kappa shape index (κ2) is 6.97. The van der Waals surface area contributed by atoms with Crippen molar-refractivity contribution in [3.05, 3.63) is 11.2 Å². The average molecular weight is 348 g/mol. The standard InChI is InChI=1S/C13H22ClN5O2S/c1-9(2)8-22(20,21)19-5-3-10(4-6-19)16-12-7-11(14)17-13(15)18-12/h7,9-10H,3-6,8H2,1-2H3,(H3,15,16,17,18). The highest BCUT2D eigenvalue weighted by Gasteiger charge is 2.28. The molecule has 9 heteroatoms. The van der Waals surface area contributed by atoms with Crippen molar-refractivity contribution in [2.45, 2.75) is 32.7 Å². The number of sulfonamides is 1. The molecule has 1 aromatic rings. The Morgan fingerprint density at radius 1 is 1.41 bits per heavy atom. The van der Waals surface area contributed by atoms with Gasteiger partial charge in [-0.25, -0.2) is 17.7 Å². The summed E-state index contributed by atoms with van der Waals surface area (Å²) in [5, 5.41) is 3.52. The van der Waals surface area contributed by atoms with E-state index in [4.69, 9.17) is 17.3 Å². The van der Waals surface area contributed by atoms with E-state index in [1.165, 1.54) is 0 Å². The smallest absolute Gasteiger partial charge is 0.223 e. The molecule has 0 spiro atoms. The summed E-state index contributed by atoms with van der Waals surface area (Å²) in [5.41, 5.74) is 5.56. The third-order valence-corrected chi connectivity index (χ3v) is 5.89. The second-order valence-electron chi connectivity index (χ2n) is 5.92. The number of nitrogen functional groups attached to an aromatic ring is 1. The van der Waals surface area contributed by atoms with Crippen LogP contribution in [-0.2, 0) is 10.0 Å². The molecule has 1 fully saturated rings. The number of piperidine rings is 1. The van der Waals surface area contributed by atoms with E-state index in [0.717, 1.165) is 12.8 Å². The Labute approximate surface area is 136 Å². The van der Waals surface area contributed by atoms with Crippen LogP contribution in [0.5, 0.6) is 0 Å². The SMILES string of the molecule is CC(C)CS(=O)(=O)N1CCC(Nc2cc(Cl)nc(N)n2)CC1. The lowest BCUT2D eigenvalue weighted by Gasteiger charge is -2.32. The highest BCUT2D eigenvalue weighted by molar-refractivity contribution is 7.89. The normalized spacial score (nSPS) is 17.8. The first-order valence-corrected chi connectivity index (χ1v) is 9.29. The summed E-state index contributed by atoms with van der Waals surface area (Å²) in [6.07, 6.45) is 1.44. The molecule has 22 heavy (non-hydrogen) atoms. The number of hydrogen-bond acceptors (Lipinski definition) is 6. The third kappa shape index (κ3) is 4.69. The zero-order chi connectivity index (χ0) is 16.3. The maximum absolute atomic E-state index is 12.2. The summed E-state index contributed by atoms with van der Waals surface area (Å²) in [4.78, 5) is 7.88. The maximum atomic E-state index is 12.2. The molecule has 0 bridgehead atoms. The highest BCUT2D eigenvalue weighted by atomic mass is 35.5. The van der Waals surface area contributed by atoms with Gasteiger partial charge in [-0.1, -0.05) is 25.4 Å². The zero-order valence-electron chi connectivity index (χ0n) is 12.8. The topological polar surface area (TPSA) is 101 Å². The molecular formula is C13H22ClN5O2S. The van der Waals surface area contributed by atoms with Crippen LogP contribution in [0.1, 0.15) is 26.7 Å². The van der Waals surface area contributed by atoms with Gasteiger partial charge in [-0.2, -0.15) is 4.98 Å². The fraction of sp³-hybridized carbons (Fsp3) is 0.692. The number of nitrogens with one attached hydrogen (secondary N) is 1. The Morgan fingerprint density at radius 3 is 2.59 bits per heavy atom. The van der Waals surface area contributed by atoms with Crippen molar-refractivity contribution in [1.82, 2.24) is 14.3 Å². The van der Waals surface area contributed by atoms with Crippen molar-refractivity contribution < 1.29 is 8.42 Å². The van der Waals surface area contributed by atoms with Gasteiger partial charge < -0.3 is 11.1 Å². The minimum absolute atomic E-state index is 0.118. The summed E-state index contributed by atoms with van der Waals surface area (Å²) in [7, 11) is -3.15. The Balaban J connectivity index is 1.92. The van der Waals surface area contributed by atoms with Crippen LogP contribution in [0.4, 0.5) is 11.8 Å². The number of nitrogens with zero attached hydrogens (tertiary/aromatic N) is 3.